The van der Waals surface area contributed by atoms with Crippen LogP contribution in [-0.2, 0) is 9.53 Å². The van der Waals surface area contributed by atoms with Crippen LogP contribution in [0.1, 0.15) is 6.42 Å². The van der Waals surface area contributed by atoms with E-state index in [9.17, 15) is 4.79 Å². The van der Waals surface area contributed by atoms with Crippen LogP contribution in [0.3, 0.4) is 0 Å². The summed E-state index contributed by atoms with van der Waals surface area (Å²) in [6.07, 6.45) is 0.572. The van der Waals surface area contributed by atoms with Crippen molar-refractivity contribution in [2.24, 2.45) is 0 Å². The first-order valence-electron chi connectivity index (χ1n) is 2.81. The molecule has 0 aromatic carbocycles. The van der Waals surface area contributed by atoms with E-state index in [0.29, 0.717) is 13.0 Å². The quantitative estimate of drug-likeness (QED) is 0.435. The van der Waals surface area contributed by atoms with Crippen LogP contribution in [0, 0.1) is 6.57 Å². The summed E-state index contributed by atoms with van der Waals surface area (Å²) in [6, 6.07) is -0.418. The van der Waals surface area contributed by atoms with Crippen molar-refractivity contribution in [1.82, 2.24) is 0 Å². The van der Waals surface area contributed by atoms with Crippen LogP contribution >= 0.6 is 0 Å². The van der Waals surface area contributed by atoms with Gasteiger partial charge in [0, 0.05) is 0 Å². The second-order valence-electron chi connectivity index (χ2n) is 1.95. The molecule has 0 aromatic heterocycles. The van der Waals surface area contributed by atoms with Gasteiger partial charge in [-0.2, -0.15) is 0 Å². The number of nitrogens with zero attached hydrogens (tertiary/aromatic N) is 1. The molecule has 1 aliphatic rings. The maximum atomic E-state index is 10.7. The van der Waals surface area contributed by atoms with Crippen molar-refractivity contribution >= 4 is 5.78 Å². The van der Waals surface area contributed by atoms with Gasteiger partial charge in [-0.1, -0.05) is 0 Å². The highest BCUT2D eigenvalue weighted by Gasteiger charge is 2.26. The van der Waals surface area contributed by atoms with Gasteiger partial charge in [0.15, 0.2) is 0 Å². The zero-order chi connectivity index (χ0) is 6.69. The monoisotopic (exact) mass is 125 g/mol. The third-order valence-electron chi connectivity index (χ3n) is 1.31. The number of ether oxygens (including phenoxy) is 1. The molecule has 9 heavy (non-hydrogen) atoms. The summed E-state index contributed by atoms with van der Waals surface area (Å²) in [7, 11) is 0. The number of Topliss-reactive ketones (excluding diaryl/α,β-unsaturated/α-hetero) is 1. The molecule has 0 spiro atoms. The average molecular weight is 125 g/mol. The fraction of sp³-hybridized carbons (Fsp3) is 0.667. The van der Waals surface area contributed by atoms with E-state index in [1.54, 1.807) is 0 Å². The van der Waals surface area contributed by atoms with E-state index < -0.39 is 6.04 Å². The van der Waals surface area contributed by atoms with Crippen LogP contribution in [0.2, 0.25) is 0 Å². The molecule has 0 bridgehead atoms. The van der Waals surface area contributed by atoms with E-state index in [1.165, 1.54) is 0 Å². The Labute approximate surface area is 53.4 Å². The van der Waals surface area contributed by atoms with E-state index >= 15 is 0 Å². The summed E-state index contributed by atoms with van der Waals surface area (Å²) in [4.78, 5) is 13.8. The molecule has 1 saturated heterocycles. The minimum absolute atomic E-state index is 0.0729. The van der Waals surface area contributed by atoms with Crippen molar-refractivity contribution in [3.63, 3.8) is 0 Å². The fourth-order valence-corrected chi connectivity index (χ4v) is 0.761. The lowest BCUT2D eigenvalue weighted by Crippen LogP contribution is -2.29. The zero-order valence-corrected chi connectivity index (χ0v) is 4.96. The van der Waals surface area contributed by atoms with E-state index in [-0.39, 0.29) is 12.4 Å². The van der Waals surface area contributed by atoms with Crippen LogP contribution in [-0.4, -0.2) is 25.0 Å². The maximum absolute atomic E-state index is 10.7. The van der Waals surface area contributed by atoms with Gasteiger partial charge in [0.25, 0.3) is 6.04 Å². The predicted octanol–water partition coefficient (Wildman–Crippen LogP) is 0.264. The summed E-state index contributed by atoms with van der Waals surface area (Å²) in [6.45, 7) is 7.26. The number of ketones is 1. The fourth-order valence-electron chi connectivity index (χ4n) is 0.761. The van der Waals surface area contributed by atoms with Crippen molar-refractivity contribution < 1.29 is 9.53 Å². The molecule has 3 heteroatoms. The van der Waals surface area contributed by atoms with Crippen molar-refractivity contribution in [1.29, 1.82) is 0 Å². The largest absolute Gasteiger partial charge is 0.373 e. The lowest BCUT2D eigenvalue weighted by molar-refractivity contribution is -0.127. The van der Waals surface area contributed by atoms with Crippen LogP contribution in [0.25, 0.3) is 4.85 Å². The molecular weight excluding hydrogens is 118 g/mol. The predicted molar refractivity (Wildman–Crippen MR) is 30.8 cm³/mol. The summed E-state index contributed by atoms with van der Waals surface area (Å²) in [5.41, 5.74) is 0. The van der Waals surface area contributed by atoms with Gasteiger partial charge in [-0.15, -0.1) is 0 Å². The summed E-state index contributed by atoms with van der Waals surface area (Å²) >= 11 is 0. The maximum Gasteiger partial charge on any atom is 0.285 e. The molecule has 3 nitrogen and oxygen atoms in total. The molecule has 0 N–H and O–H groups in total. The standard InChI is InChI=1S/C6H7NO2/c1-7-5-2-3-9-4-6(5)8/h5H,2-4H2. The Hall–Kier alpha value is -0.880. The van der Waals surface area contributed by atoms with Gasteiger partial charge in [0.05, 0.1) is 13.0 Å². The summed E-state index contributed by atoms with van der Waals surface area (Å²) < 4.78 is 4.82. The van der Waals surface area contributed by atoms with Crippen molar-refractivity contribution in [3.05, 3.63) is 11.4 Å². The van der Waals surface area contributed by atoms with Gasteiger partial charge in [-0.3, -0.25) is 4.79 Å². The molecule has 1 atom stereocenters. The van der Waals surface area contributed by atoms with E-state index in [1.807, 2.05) is 0 Å². The SMILES string of the molecule is [C-]#[N+]C1CCOCC1=O. The van der Waals surface area contributed by atoms with E-state index in [2.05, 4.69) is 4.85 Å². The Balaban J connectivity index is 2.51. The Bertz CT molecular complexity index is 159. The van der Waals surface area contributed by atoms with Crippen LogP contribution < -0.4 is 0 Å². The van der Waals surface area contributed by atoms with Gasteiger partial charge in [-0.05, 0) is 0 Å². The molecule has 0 amide bonds. The first-order valence-corrected chi connectivity index (χ1v) is 2.81. The van der Waals surface area contributed by atoms with Gasteiger partial charge < -0.3 is 9.58 Å². The van der Waals surface area contributed by atoms with Crippen LogP contribution in [0.15, 0.2) is 0 Å². The highest BCUT2D eigenvalue weighted by Crippen LogP contribution is 2.05. The minimum atomic E-state index is -0.418. The second kappa shape index (κ2) is 2.60. The van der Waals surface area contributed by atoms with E-state index in [4.69, 9.17) is 11.3 Å². The van der Waals surface area contributed by atoms with Crippen molar-refractivity contribution in [3.8, 4) is 0 Å². The van der Waals surface area contributed by atoms with Gasteiger partial charge >= 0.3 is 0 Å². The lowest BCUT2D eigenvalue weighted by Gasteiger charge is -2.10. The van der Waals surface area contributed by atoms with Gasteiger partial charge in [-0.25, -0.2) is 6.57 Å². The summed E-state index contributed by atoms with van der Waals surface area (Å²) in [5, 5.41) is 0. The molecule has 1 aliphatic heterocycles. The molecule has 1 unspecified atom stereocenters. The zero-order valence-electron chi connectivity index (χ0n) is 4.96. The highest BCUT2D eigenvalue weighted by molar-refractivity contribution is 5.87. The number of carbonyl (C=O) groups excluding carboxylic acids is 1. The second-order valence-corrected chi connectivity index (χ2v) is 1.95. The van der Waals surface area contributed by atoms with Crippen molar-refractivity contribution in [2.75, 3.05) is 13.2 Å². The Morgan fingerprint density at radius 3 is 3.00 bits per heavy atom. The lowest BCUT2D eigenvalue weighted by atomic mass is 10.1. The number of hydrogen-bond donors (Lipinski definition) is 0. The minimum Gasteiger partial charge on any atom is -0.373 e. The molecule has 1 heterocycles. The molecule has 1 fully saturated rings. The molecular formula is C6H7NO2. The topological polar surface area (TPSA) is 30.7 Å². The first kappa shape index (κ1) is 6.24. The number of hydrogen-bond acceptors (Lipinski definition) is 2. The molecule has 0 aromatic rings. The highest BCUT2D eigenvalue weighted by atomic mass is 16.5. The number of carbonyl (C=O) groups is 1. The normalized spacial score (nSPS) is 27.4. The van der Waals surface area contributed by atoms with E-state index in [0.717, 1.165) is 0 Å². The van der Waals surface area contributed by atoms with Crippen LogP contribution in [0.5, 0.6) is 0 Å². The third kappa shape index (κ3) is 1.27. The Morgan fingerprint density at radius 1 is 1.78 bits per heavy atom. The van der Waals surface area contributed by atoms with Gasteiger partial charge in [0.2, 0.25) is 5.78 Å². The van der Waals surface area contributed by atoms with Crippen LogP contribution in [0.4, 0.5) is 0 Å². The average Bonchev–Trinajstić information content (AvgIpc) is 1.89. The molecule has 0 saturated carbocycles. The Kier molecular flexibility index (Phi) is 1.81. The number of rotatable bonds is 0. The first-order chi connectivity index (χ1) is 4.34. The smallest absolute Gasteiger partial charge is 0.285 e. The third-order valence-corrected chi connectivity index (χ3v) is 1.31. The molecule has 0 radical (unpaired) electrons. The van der Waals surface area contributed by atoms with Gasteiger partial charge in [0.1, 0.15) is 6.61 Å². The molecule has 48 valence electrons. The van der Waals surface area contributed by atoms with Crippen molar-refractivity contribution in [2.45, 2.75) is 12.5 Å². The Morgan fingerprint density at radius 2 is 2.56 bits per heavy atom. The summed E-state index contributed by atoms with van der Waals surface area (Å²) in [5.74, 6) is -0.0729. The molecule has 0 aliphatic carbocycles. The molecule has 1 rings (SSSR count).